The molecule has 0 radical (unpaired) electrons. The molecule has 9 rings (SSSR count). The molecular formula is C41H49N9O5. The van der Waals surface area contributed by atoms with Crippen molar-refractivity contribution in [2.45, 2.75) is 83.3 Å². The number of hydrogen-bond acceptors (Lipinski definition) is 10. The molecule has 2 N–H and O–H groups in total. The molecule has 4 fully saturated rings. The number of benzene rings is 2. The van der Waals surface area contributed by atoms with Crippen LogP contribution < -0.4 is 20.4 Å². The van der Waals surface area contributed by atoms with E-state index in [0.717, 1.165) is 118 Å². The second kappa shape index (κ2) is 14.8. The predicted octanol–water partition coefficient (Wildman–Crippen LogP) is 4.89. The van der Waals surface area contributed by atoms with Gasteiger partial charge in [-0.2, -0.15) is 5.10 Å². The number of fused-ring (bicyclic) bond motifs is 2. The average Bonchev–Trinajstić information content (AvgIpc) is 3.92. The number of aryl methyl sites for hydroxylation is 1. The highest BCUT2D eigenvalue weighted by Crippen LogP contribution is 2.36. The molecule has 0 saturated carbocycles. The number of likely N-dealkylation sites (tertiary alicyclic amines) is 1. The van der Waals surface area contributed by atoms with E-state index in [1.165, 1.54) is 6.42 Å². The number of imide groups is 1. The SMILES string of the molecule is Cc1cnc(C(=O)Nc2cc3cn(C4CCN(CC5CCN(c6ccc7c(c6)C(=O)N(C6CCC(=O)NC6=O)C7)CC5)CC4)nc3cc2N2CCCCC2)o1. The number of nitrogens with zero attached hydrogens (tertiary/aromatic N) is 7. The van der Waals surface area contributed by atoms with Crippen LogP contribution in [-0.2, 0) is 16.1 Å². The molecule has 55 heavy (non-hydrogen) atoms. The van der Waals surface area contributed by atoms with Crippen molar-refractivity contribution >= 4 is 51.6 Å². The van der Waals surface area contributed by atoms with Gasteiger partial charge >= 0.3 is 5.91 Å². The zero-order chi connectivity index (χ0) is 37.6. The average molecular weight is 748 g/mol. The molecule has 1 atom stereocenters. The minimum Gasteiger partial charge on any atom is -0.438 e. The lowest BCUT2D eigenvalue weighted by Gasteiger charge is -2.38. The van der Waals surface area contributed by atoms with Gasteiger partial charge in [0.15, 0.2) is 0 Å². The summed E-state index contributed by atoms with van der Waals surface area (Å²) < 4.78 is 7.65. The molecule has 1 unspecified atom stereocenters. The molecular weight excluding hydrogens is 699 g/mol. The van der Waals surface area contributed by atoms with Gasteiger partial charge in [-0.05, 0) is 94.0 Å². The second-order valence-electron chi connectivity index (χ2n) is 16.0. The van der Waals surface area contributed by atoms with Gasteiger partial charge in [0.05, 0.1) is 29.1 Å². The summed E-state index contributed by atoms with van der Waals surface area (Å²) in [5.74, 6) is 0.167. The van der Waals surface area contributed by atoms with Gasteiger partial charge in [-0.3, -0.25) is 29.2 Å². The third kappa shape index (κ3) is 7.19. The minimum atomic E-state index is -0.594. The topological polar surface area (TPSA) is 149 Å². The molecule has 4 aromatic rings. The van der Waals surface area contributed by atoms with E-state index < -0.39 is 6.04 Å². The Morgan fingerprint density at radius 3 is 2.47 bits per heavy atom. The first-order chi connectivity index (χ1) is 26.8. The first-order valence-corrected chi connectivity index (χ1v) is 20.0. The summed E-state index contributed by atoms with van der Waals surface area (Å²) in [5.41, 5.74) is 5.37. The van der Waals surface area contributed by atoms with E-state index in [9.17, 15) is 19.2 Å². The maximum atomic E-state index is 13.4. The largest absolute Gasteiger partial charge is 0.438 e. The van der Waals surface area contributed by atoms with Gasteiger partial charge in [-0.1, -0.05) is 6.07 Å². The van der Waals surface area contributed by atoms with Crippen LogP contribution in [0.4, 0.5) is 17.1 Å². The Morgan fingerprint density at radius 2 is 1.73 bits per heavy atom. The lowest BCUT2D eigenvalue weighted by Crippen LogP contribution is -2.52. The van der Waals surface area contributed by atoms with E-state index in [0.29, 0.717) is 36.2 Å². The molecule has 0 bridgehead atoms. The van der Waals surface area contributed by atoms with E-state index in [-0.39, 0.29) is 35.9 Å². The highest BCUT2D eigenvalue weighted by atomic mass is 16.4. The van der Waals surface area contributed by atoms with E-state index in [1.807, 2.05) is 12.1 Å². The number of carbonyl (C=O) groups is 4. The maximum Gasteiger partial charge on any atom is 0.311 e. The molecule has 4 amide bonds. The molecule has 2 aromatic carbocycles. The van der Waals surface area contributed by atoms with Crippen LogP contribution in [0.2, 0.25) is 0 Å². The molecule has 5 aliphatic rings. The normalized spacial score (nSPS) is 21.7. The summed E-state index contributed by atoms with van der Waals surface area (Å²) in [6.45, 7) is 9.15. The molecule has 0 aliphatic carbocycles. The van der Waals surface area contributed by atoms with Crippen molar-refractivity contribution in [1.82, 2.24) is 29.9 Å². The number of nitrogens with one attached hydrogen (secondary N) is 2. The van der Waals surface area contributed by atoms with E-state index in [4.69, 9.17) is 9.52 Å². The predicted molar refractivity (Wildman–Crippen MR) is 207 cm³/mol. The fraction of sp³-hybridized carbons (Fsp3) is 0.512. The third-order valence-electron chi connectivity index (χ3n) is 12.3. The Labute approximate surface area is 320 Å². The zero-order valence-corrected chi connectivity index (χ0v) is 31.5. The van der Waals surface area contributed by atoms with Crippen molar-refractivity contribution in [3.05, 3.63) is 65.5 Å². The Kier molecular flexibility index (Phi) is 9.53. The van der Waals surface area contributed by atoms with Crippen LogP contribution in [0, 0.1) is 12.8 Å². The Bertz CT molecular complexity index is 2120. The number of aromatic nitrogens is 3. The molecule has 0 spiro atoms. The standard InChI is InChI=1S/C41H49N9O5/c1-26-22-42-40(55-26)39(53)43-34-19-29-25-50(45-33(29)21-36(34)48-13-3-2-4-14-48)30-11-15-46(16-12-30)23-27-9-17-47(18-10-27)31-6-5-28-24-49(41(54)32(28)20-31)35-7-8-37(51)44-38(35)52/h5-6,19-22,25,27,30,35H,2-4,7-18,23-24H2,1H3,(H,43,53)(H,44,51,52). The smallest absolute Gasteiger partial charge is 0.311 e. The van der Waals surface area contributed by atoms with E-state index in [1.54, 1.807) is 18.0 Å². The monoisotopic (exact) mass is 747 g/mol. The first-order valence-electron chi connectivity index (χ1n) is 20.0. The van der Waals surface area contributed by atoms with Crippen LogP contribution in [0.1, 0.15) is 96.2 Å². The molecule has 5 aliphatic heterocycles. The number of piperidine rings is 4. The molecule has 14 heteroatoms. The van der Waals surface area contributed by atoms with Gasteiger partial charge in [0, 0.05) is 81.6 Å². The van der Waals surface area contributed by atoms with Crippen LogP contribution in [-0.4, -0.2) is 100 Å². The summed E-state index contributed by atoms with van der Waals surface area (Å²) in [6, 6.07) is 10.0. The number of carbonyl (C=O) groups excluding carboxylic acids is 4. The Morgan fingerprint density at radius 1 is 0.927 bits per heavy atom. The van der Waals surface area contributed by atoms with Crippen LogP contribution >= 0.6 is 0 Å². The number of oxazole rings is 1. The van der Waals surface area contributed by atoms with Crippen LogP contribution in [0.3, 0.4) is 0 Å². The second-order valence-corrected chi connectivity index (χ2v) is 16.0. The van der Waals surface area contributed by atoms with Crippen molar-refractivity contribution in [2.24, 2.45) is 5.92 Å². The van der Waals surface area contributed by atoms with Gasteiger partial charge in [0.25, 0.3) is 11.8 Å². The van der Waals surface area contributed by atoms with Crippen molar-refractivity contribution in [3.63, 3.8) is 0 Å². The van der Waals surface area contributed by atoms with Crippen molar-refractivity contribution in [1.29, 1.82) is 0 Å². The summed E-state index contributed by atoms with van der Waals surface area (Å²) in [5, 5.41) is 11.6. The van der Waals surface area contributed by atoms with E-state index in [2.05, 4.69) is 59.4 Å². The lowest BCUT2D eigenvalue weighted by atomic mass is 9.94. The summed E-state index contributed by atoms with van der Waals surface area (Å²) in [6.07, 6.45) is 12.1. The molecule has 288 valence electrons. The highest BCUT2D eigenvalue weighted by molar-refractivity contribution is 6.06. The lowest BCUT2D eigenvalue weighted by molar-refractivity contribution is -0.136. The van der Waals surface area contributed by atoms with Gasteiger partial charge in [-0.25, -0.2) is 4.98 Å². The number of hydrogen-bond donors (Lipinski definition) is 2. The quantitative estimate of drug-likeness (QED) is 0.239. The number of amides is 4. The van der Waals surface area contributed by atoms with Crippen molar-refractivity contribution in [3.8, 4) is 0 Å². The maximum absolute atomic E-state index is 13.4. The zero-order valence-electron chi connectivity index (χ0n) is 31.5. The number of rotatable bonds is 8. The summed E-state index contributed by atoms with van der Waals surface area (Å²) in [7, 11) is 0. The molecule has 14 nitrogen and oxygen atoms in total. The minimum absolute atomic E-state index is 0.0635. The van der Waals surface area contributed by atoms with Gasteiger partial charge in [0.2, 0.25) is 11.8 Å². The number of anilines is 3. The molecule has 2 aromatic heterocycles. The van der Waals surface area contributed by atoms with Crippen LogP contribution in [0.25, 0.3) is 10.9 Å². The Hall–Kier alpha value is -5.24. The van der Waals surface area contributed by atoms with Crippen LogP contribution in [0.5, 0.6) is 0 Å². The molecule has 7 heterocycles. The van der Waals surface area contributed by atoms with Crippen molar-refractivity contribution < 1.29 is 23.6 Å². The third-order valence-corrected chi connectivity index (χ3v) is 12.3. The summed E-state index contributed by atoms with van der Waals surface area (Å²) >= 11 is 0. The Balaban J connectivity index is 0.794. The van der Waals surface area contributed by atoms with Gasteiger partial charge in [0.1, 0.15) is 11.8 Å². The van der Waals surface area contributed by atoms with E-state index >= 15 is 0 Å². The van der Waals surface area contributed by atoms with Gasteiger partial charge in [-0.15, -0.1) is 0 Å². The molecule has 4 saturated heterocycles. The fourth-order valence-electron chi connectivity index (χ4n) is 9.24. The van der Waals surface area contributed by atoms with Gasteiger partial charge < -0.3 is 29.3 Å². The van der Waals surface area contributed by atoms with Crippen LogP contribution in [0.15, 0.2) is 47.1 Å². The highest BCUT2D eigenvalue weighted by Gasteiger charge is 2.39. The summed E-state index contributed by atoms with van der Waals surface area (Å²) in [4.78, 5) is 63.6. The first kappa shape index (κ1) is 35.5. The fourth-order valence-corrected chi connectivity index (χ4v) is 9.24. The van der Waals surface area contributed by atoms with Crippen molar-refractivity contribution in [2.75, 3.05) is 60.9 Å².